The van der Waals surface area contributed by atoms with Crippen LogP contribution in [0.4, 0.5) is 9.18 Å². The van der Waals surface area contributed by atoms with Gasteiger partial charge in [-0.05, 0) is 57.2 Å². The average Bonchev–Trinajstić information content (AvgIpc) is 2.42. The number of rotatable bonds is 6. The molecule has 0 heterocycles. The van der Waals surface area contributed by atoms with Crippen LogP contribution >= 0.6 is 0 Å². The zero-order valence-corrected chi connectivity index (χ0v) is 14.2. The SMILES string of the molecule is CCN(CC(C)(C)O)C(=O)NC(c1ccc(F)cc1)C1CCC1. The predicted molar refractivity (Wildman–Crippen MR) is 88.6 cm³/mol. The van der Waals surface area contributed by atoms with Gasteiger partial charge >= 0.3 is 6.03 Å². The lowest BCUT2D eigenvalue weighted by Crippen LogP contribution is -2.49. The van der Waals surface area contributed by atoms with E-state index in [0.29, 0.717) is 12.5 Å². The summed E-state index contributed by atoms with van der Waals surface area (Å²) in [7, 11) is 0. The molecular formula is C18H27FN2O2. The van der Waals surface area contributed by atoms with Crippen LogP contribution in [0.3, 0.4) is 0 Å². The molecule has 2 rings (SSSR count). The van der Waals surface area contributed by atoms with Gasteiger partial charge in [-0.3, -0.25) is 0 Å². The van der Waals surface area contributed by atoms with Crippen molar-refractivity contribution in [1.29, 1.82) is 0 Å². The molecule has 1 aliphatic rings. The maximum atomic E-state index is 13.2. The van der Waals surface area contributed by atoms with E-state index in [4.69, 9.17) is 0 Å². The first-order valence-corrected chi connectivity index (χ1v) is 8.33. The Kier molecular flexibility index (Phi) is 5.63. The zero-order chi connectivity index (χ0) is 17.0. The van der Waals surface area contributed by atoms with Gasteiger partial charge in [0.2, 0.25) is 0 Å². The second-order valence-electron chi connectivity index (χ2n) is 7.00. The number of urea groups is 1. The van der Waals surface area contributed by atoms with Crippen LogP contribution in [0.15, 0.2) is 24.3 Å². The number of amides is 2. The fourth-order valence-electron chi connectivity index (χ4n) is 2.94. The van der Waals surface area contributed by atoms with Crippen LogP contribution in [0, 0.1) is 11.7 Å². The molecule has 5 heteroatoms. The van der Waals surface area contributed by atoms with Gasteiger partial charge in [-0.15, -0.1) is 0 Å². The molecule has 23 heavy (non-hydrogen) atoms. The van der Waals surface area contributed by atoms with Gasteiger partial charge in [-0.2, -0.15) is 0 Å². The number of carbonyl (C=O) groups is 1. The van der Waals surface area contributed by atoms with Crippen molar-refractivity contribution in [2.75, 3.05) is 13.1 Å². The predicted octanol–water partition coefficient (Wildman–Crippen LogP) is 3.47. The van der Waals surface area contributed by atoms with E-state index in [1.165, 1.54) is 18.6 Å². The second-order valence-corrected chi connectivity index (χ2v) is 7.00. The van der Waals surface area contributed by atoms with Crippen molar-refractivity contribution in [1.82, 2.24) is 10.2 Å². The van der Waals surface area contributed by atoms with Gasteiger partial charge in [0, 0.05) is 6.54 Å². The van der Waals surface area contributed by atoms with Crippen LogP contribution < -0.4 is 5.32 Å². The molecule has 1 aliphatic carbocycles. The van der Waals surface area contributed by atoms with Crippen LogP contribution in [-0.4, -0.2) is 34.7 Å². The van der Waals surface area contributed by atoms with Gasteiger partial charge in [0.15, 0.2) is 0 Å². The molecule has 2 N–H and O–H groups in total. The summed E-state index contributed by atoms with van der Waals surface area (Å²) < 4.78 is 13.2. The summed E-state index contributed by atoms with van der Waals surface area (Å²) in [5.41, 5.74) is -0.00129. The van der Waals surface area contributed by atoms with E-state index in [9.17, 15) is 14.3 Å². The highest BCUT2D eigenvalue weighted by molar-refractivity contribution is 5.75. The number of hydrogen-bond donors (Lipinski definition) is 2. The van der Waals surface area contributed by atoms with Crippen molar-refractivity contribution in [2.24, 2.45) is 5.92 Å². The van der Waals surface area contributed by atoms with E-state index in [1.807, 2.05) is 6.92 Å². The van der Waals surface area contributed by atoms with Gasteiger partial charge in [-0.25, -0.2) is 9.18 Å². The lowest BCUT2D eigenvalue weighted by Gasteiger charge is -2.37. The zero-order valence-electron chi connectivity index (χ0n) is 14.2. The molecule has 0 aromatic heterocycles. The van der Waals surface area contributed by atoms with Crippen LogP contribution in [0.2, 0.25) is 0 Å². The number of benzene rings is 1. The Balaban J connectivity index is 2.10. The van der Waals surface area contributed by atoms with E-state index in [0.717, 1.165) is 18.4 Å². The number of hydrogen-bond acceptors (Lipinski definition) is 2. The monoisotopic (exact) mass is 322 g/mol. The molecule has 1 unspecified atom stereocenters. The summed E-state index contributed by atoms with van der Waals surface area (Å²) >= 11 is 0. The minimum atomic E-state index is -0.935. The molecule has 2 amide bonds. The molecular weight excluding hydrogens is 295 g/mol. The Morgan fingerprint density at radius 2 is 2.00 bits per heavy atom. The normalized spacial score (nSPS) is 16.6. The second kappa shape index (κ2) is 7.30. The Morgan fingerprint density at radius 3 is 2.43 bits per heavy atom. The molecule has 128 valence electrons. The number of nitrogens with zero attached hydrogens (tertiary/aromatic N) is 1. The highest BCUT2D eigenvalue weighted by Gasteiger charge is 2.31. The van der Waals surface area contributed by atoms with Crippen molar-refractivity contribution < 1.29 is 14.3 Å². The topological polar surface area (TPSA) is 52.6 Å². The van der Waals surface area contributed by atoms with Crippen LogP contribution in [0.1, 0.15) is 51.6 Å². The van der Waals surface area contributed by atoms with E-state index in [2.05, 4.69) is 5.32 Å². The smallest absolute Gasteiger partial charge is 0.317 e. The summed E-state index contributed by atoms with van der Waals surface area (Å²) in [5.74, 6) is 0.120. The Morgan fingerprint density at radius 1 is 1.39 bits per heavy atom. The van der Waals surface area contributed by atoms with Crippen molar-refractivity contribution in [3.05, 3.63) is 35.6 Å². The van der Waals surface area contributed by atoms with Gasteiger partial charge in [0.1, 0.15) is 5.82 Å². The highest BCUT2D eigenvalue weighted by Crippen LogP contribution is 2.37. The Hall–Kier alpha value is -1.62. The average molecular weight is 322 g/mol. The number of aliphatic hydroxyl groups is 1. The summed E-state index contributed by atoms with van der Waals surface area (Å²) in [6, 6.07) is 6.06. The largest absolute Gasteiger partial charge is 0.389 e. The van der Waals surface area contributed by atoms with Gasteiger partial charge in [0.05, 0.1) is 18.2 Å². The summed E-state index contributed by atoms with van der Waals surface area (Å²) in [6.45, 7) is 6.06. The quantitative estimate of drug-likeness (QED) is 0.842. The molecule has 1 aromatic rings. The maximum absolute atomic E-state index is 13.2. The van der Waals surface area contributed by atoms with Crippen molar-refractivity contribution in [3.63, 3.8) is 0 Å². The van der Waals surface area contributed by atoms with Crippen molar-refractivity contribution in [2.45, 2.75) is 51.7 Å². The lowest BCUT2D eigenvalue weighted by molar-refractivity contribution is 0.0467. The van der Waals surface area contributed by atoms with Crippen LogP contribution in [0.25, 0.3) is 0 Å². The number of carbonyl (C=O) groups excluding carboxylic acids is 1. The third kappa shape index (κ3) is 4.93. The van der Waals surface area contributed by atoms with E-state index in [1.54, 1.807) is 30.9 Å². The molecule has 0 radical (unpaired) electrons. The lowest BCUT2D eigenvalue weighted by atomic mass is 9.77. The number of halogens is 1. The Bertz CT molecular complexity index is 521. The van der Waals surface area contributed by atoms with Crippen molar-refractivity contribution >= 4 is 6.03 Å². The fraction of sp³-hybridized carbons (Fsp3) is 0.611. The summed E-state index contributed by atoms with van der Waals surface area (Å²) in [4.78, 5) is 14.2. The first kappa shape index (κ1) is 17.7. The minimum Gasteiger partial charge on any atom is -0.389 e. The molecule has 1 saturated carbocycles. The third-order valence-electron chi connectivity index (χ3n) is 4.38. The first-order chi connectivity index (χ1) is 10.8. The van der Waals surface area contributed by atoms with Crippen molar-refractivity contribution in [3.8, 4) is 0 Å². The van der Waals surface area contributed by atoms with E-state index >= 15 is 0 Å². The molecule has 1 aromatic carbocycles. The molecule has 4 nitrogen and oxygen atoms in total. The maximum Gasteiger partial charge on any atom is 0.317 e. The molecule has 1 fully saturated rings. The Labute approximate surface area is 137 Å². The number of likely N-dealkylation sites (N-methyl/N-ethyl adjacent to an activating group) is 1. The summed E-state index contributed by atoms with van der Waals surface area (Å²) in [5, 5.41) is 13.0. The standard InChI is InChI=1S/C18H27FN2O2/c1-4-21(12-18(2,3)23)17(22)20-16(13-6-5-7-13)14-8-10-15(19)11-9-14/h8-11,13,16,23H,4-7,12H2,1-3H3,(H,20,22). The van der Waals surface area contributed by atoms with Gasteiger partial charge < -0.3 is 15.3 Å². The molecule has 0 saturated heterocycles. The first-order valence-electron chi connectivity index (χ1n) is 8.33. The molecule has 1 atom stereocenters. The fourth-order valence-corrected chi connectivity index (χ4v) is 2.94. The van der Waals surface area contributed by atoms with Gasteiger partial charge in [0.25, 0.3) is 0 Å². The van der Waals surface area contributed by atoms with E-state index < -0.39 is 5.60 Å². The van der Waals surface area contributed by atoms with Crippen LogP contribution in [-0.2, 0) is 0 Å². The highest BCUT2D eigenvalue weighted by atomic mass is 19.1. The van der Waals surface area contributed by atoms with Gasteiger partial charge in [-0.1, -0.05) is 18.6 Å². The molecule has 0 spiro atoms. The van der Waals surface area contributed by atoms with Crippen LogP contribution in [0.5, 0.6) is 0 Å². The number of nitrogens with one attached hydrogen (secondary N) is 1. The molecule has 0 aliphatic heterocycles. The third-order valence-corrected chi connectivity index (χ3v) is 4.38. The van der Waals surface area contributed by atoms with E-state index in [-0.39, 0.29) is 24.4 Å². The minimum absolute atomic E-state index is 0.104. The summed E-state index contributed by atoms with van der Waals surface area (Å²) in [6.07, 6.45) is 3.30. The molecule has 0 bridgehead atoms.